The molecular formula is C20H29ClN4O. The molecule has 1 N–H and O–H groups in total. The van der Waals surface area contributed by atoms with E-state index >= 15 is 0 Å². The molecule has 0 aliphatic rings. The van der Waals surface area contributed by atoms with Gasteiger partial charge in [0.05, 0.1) is 22.6 Å². The zero-order valence-electron chi connectivity index (χ0n) is 16.5. The molecule has 0 atom stereocenters. The minimum absolute atomic E-state index is 0.0625. The van der Waals surface area contributed by atoms with Gasteiger partial charge in [-0.2, -0.15) is 5.10 Å². The van der Waals surface area contributed by atoms with E-state index in [4.69, 9.17) is 16.7 Å². The first-order valence-electron chi connectivity index (χ1n) is 9.04. The van der Waals surface area contributed by atoms with Crippen molar-refractivity contribution in [2.45, 2.75) is 39.5 Å². The summed E-state index contributed by atoms with van der Waals surface area (Å²) >= 11 is 6.17. The smallest absolute Gasteiger partial charge is 0.255 e. The maximum Gasteiger partial charge on any atom is 0.255 e. The normalized spacial score (nSPS) is 11.6. The lowest BCUT2D eigenvalue weighted by molar-refractivity contribution is 0.0948. The van der Waals surface area contributed by atoms with Crippen LogP contribution in [-0.2, 0) is 0 Å². The molecule has 0 aliphatic heterocycles. The molecule has 1 aromatic carbocycles. The molecule has 0 unspecified atom stereocenters. The number of hydrogen-bond donors (Lipinski definition) is 1. The lowest BCUT2D eigenvalue weighted by atomic mass is 9.98. The molecule has 0 spiro atoms. The Morgan fingerprint density at radius 1 is 1.23 bits per heavy atom. The molecule has 0 aliphatic carbocycles. The van der Waals surface area contributed by atoms with Gasteiger partial charge in [-0.1, -0.05) is 45.4 Å². The fourth-order valence-corrected chi connectivity index (χ4v) is 3.09. The van der Waals surface area contributed by atoms with Gasteiger partial charge in [0.2, 0.25) is 0 Å². The summed E-state index contributed by atoms with van der Waals surface area (Å²) in [6.07, 6.45) is 0. The van der Waals surface area contributed by atoms with E-state index in [1.165, 1.54) is 0 Å². The Morgan fingerprint density at radius 3 is 2.46 bits per heavy atom. The van der Waals surface area contributed by atoms with Crippen molar-refractivity contribution in [3.8, 4) is 5.69 Å². The van der Waals surface area contributed by atoms with Crippen molar-refractivity contribution in [3.63, 3.8) is 0 Å². The van der Waals surface area contributed by atoms with Crippen molar-refractivity contribution < 1.29 is 4.79 Å². The van der Waals surface area contributed by atoms with E-state index in [2.05, 4.69) is 33.0 Å². The number of nitrogens with one attached hydrogen (secondary N) is 1. The summed E-state index contributed by atoms with van der Waals surface area (Å²) < 4.78 is 1.87. The third-order valence-corrected chi connectivity index (χ3v) is 4.40. The van der Waals surface area contributed by atoms with Crippen LogP contribution in [0.4, 0.5) is 0 Å². The van der Waals surface area contributed by atoms with E-state index in [-0.39, 0.29) is 17.7 Å². The average molecular weight is 377 g/mol. The molecule has 0 saturated heterocycles. The Kier molecular flexibility index (Phi) is 6.84. The fraction of sp³-hybridized carbons (Fsp3) is 0.500. The van der Waals surface area contributed by atoms with Crippen LogP contribution in [0, 0.1) is 0 Å². The molecule has 5 nitrogen and oxygen atoms in total. The van der Waals surface area contributed by atoms with Crippen molar-refractivity contribution in [3.05, 3.63) is 46.2 Å². The highest BCUT2D eigenvalue weighted by Crippen LogP contribution is 2.30. The maximum atomic E-state index is 13.0. The number of benzene rings is 1. The fourth-order valence-electron chi connectivity index (χ4n) is 2.90. The second-order valence-electron chi connectivity index (χ2n) is 7.41. The largest absolute Gasteiger partial charge is 0.351 e. The number of carbonyl (C=O) groups is 1. The summed E-state index contributed by atoms with van der Waals surface area (Å²) in [5.74, 6) is 0.221. The Bertz CT molecular complexity index is 765. The Hall–Kier alpha value is -1.85. The lowest BCUT2D eigenvalue weighted by Crippen LogP contribution is -2.32. The van der Waals surface area contributed by atoms with E-state index < -0.39 is 0 Å². The van der Waals surface area contributed by atoms with Crippen LogP contribution in [-0.4, -0.2) is 47.8 Å². The van der Waals surface area contributed by atoms with Crippen LogP contribution in [0.3, 0.4) is 0 Å². The molecule has 0 bridgehead atoms. The highest BCUT2D eigenvalue weighted by atomic mass is 35.5. The van der Waals surface area contributed by atoms with Gasteiger partial charge in [0.25, 0.3) is 5.91 Å². The van der Waals surface area contributed by atoms with Gasteiger partial charge >= 0.3 is 0 Å². The minimum atomic E-state index is -0.0625. The monoisotopic (exact) mass is 376 g/mol. The molecule has 0 radical (unpaired) electrons. The van der Waals surface area contributed by atoms with Gasteiger partial charge < -0.3 is 10.2 Å². The van der Waals surface area contributed by atoms with Gasteiger partial charge in [0.15, 0.2) is 0 Å². The third kappa shape index (κ3) is 4.65. The van der Waals surface area contributed by atoms with Crippen LogP contribution in [0.15, 0.2) is 24.3 Å². The quantitative estimate of drug-likeness (QED) is 0.792. The number of carbonyl (C=O) groups excluding carboxylic acids is 1. The second kappa shape index (κ2) is 8.69. The molecule has 1 aromatic heterocycles. The van der Waals surface area contributed by atoms with Crippen LogP contribution in [0.25, 0.3) is 5.69 Å². The van der Waals surface area contributed by atoms with Crippen LogP contribution in [0.1, 0.15) is 61.3 Å². The minimum Gasteiger partial charge on any atom is -0.351 e. The molecule has 142 valence electrons. The predicted molar refractivity (Wildman–Crippen MR) is 108 cm³/mol. The summed E-state index contributed by atoms with van der Waals surface area (Å²) in [6, 6.07) is 7.57. The molecule has 1 heterocycles. The average Bonchev–Trinajstić information content (AvgIpc) is 2.95. The lowest BCUT2D eigenvalue weighted by Gasteiger charge is -2.15. The van der Waals surface area contributed by atoms with Gasteiger partial charge in [-0.3, -0.25) is 4.79 Å². The molecule has 0 saturated carbocycles. The predicted octanol–water partition coefficient (Wildman–Crippen LogP) is 4.06. The standard InChI is InChI=1S/C20H29ClN4O/c1-13(2)18-17(20(26)22-10-11-24(5)6)19(14(3)4)25(23-18)16-9-7-8-15(21)12-16/h7-9,12-14H,10-11H2,1-6H3,(H,22,26). The topological polar surface area (TPSA) is 50.2 Å². The van der Waals surface area contributed by atoms with Crippen LogP contribution in [0.2, 0.25) is 5.02 Å². The number of nitrogens with zero attached hydrogens (tertiary/aromatic N) is 3. The van der Waals surface area contributed by atoms with Gasteiger partial charge in [-0.05, 0) is 44.1 Å². The first-order chi connectivity index (χ1) is 12.2. The summed E-state index contributed by atoms with van der Waals surface area (Å²) in [5.41, 5.74) is 3.29. The van der Waals surface area contributed by atoms with Crippen molar-refractivity contribution in [2.75, 3.05) is 27.2 Å². The number of hydrogen-bond acceptors (Lipinski definition) is 3. The molecule has 6 heteroatoms. The Morgan fingerprint density at radius 2 is 1.92 bits per heavy atom. The molecule has 2 aromatic rings. The summed E-state index contributed by atoms with van der Waals surface area (Å²) in [4.78, 5) is 15.0. The zero-order chi connectivity index (χ0) is 19.4. The van der Waals surface area contributed by atoms with Crippen molar-refractivity contribution in [1.29, 1.82) is 0 Å². The van der Waals surface area contributed by atoms with E-state index in [1.54, 1.807) is 0 Å². The van der Waals surface area contributed by atoms with Gasteiger partial charge in [-0.15, -0.1) is 0 Å². The molecular weight excluding hydrogens is 348 g/mol. The summed E-state index contributed by atoms with van der Waals surface area (Å²) in [7, 11) is 3.98. The van der Waals surface area contributed by atoms with E-state index in [9.17, 15) is 4.79 Å². The second-order valence-corrected chi connectivity index (χ2v) is 7.84. The van der Waals surface area contributed by atoms with Crippen LogP contribution < -0.4 is 5.32 Å². The van der Waals surface area contributed by atoms with Crippen molar-refractivity contribution >= 4 is 17.5 Å². The van der Waals surface area contributed by atoms with Gasteiger partial charge in [0.1, 0.15) is 0 Å². The first-order valence-corrected chi connectivity index (χ1v) is 9.41. The highest BCUT2D eigenvalue weighted by molar-refractivity contribution is 6.30. The number of amides is 1. The highest BCUT2D eigenvalue weighted by Gasteiger charge is 2.27. The number of aromatic nitrogens is 2. The van der Waals surface area contributed by atoms with Gasteiger partial charge in [0, 0.05) is 18.1 Å². The van der Waals surface area contributed by atoms with Crippen LogP contribution >= 0.6 is 11.6 Å². The van der Waals surface area contributed by atoms with E-state index in [0.717, 1.165) is 23.6 Å². The number of halogens is 1. The maximum absolute atomic E-state index is 13.0. The molecule has 0 fully saturated rings. The van der Waals surface area contributed by atoms with Gasteiger partial charge in [-0.25, -0.2) is 4.68 Å². The number of rotatable bonds is 7. The van der Waals surface area contributed by atoms with Crippen molar-refractivity contribution in [2.24, 2.45) is 0 Å². The molecule has 26 heavy (non-hydrogen) atoms. The van der Waals surface area contributed by atoms with E-state index in [1.807, 2.05) is 47.9 Å². The van der Waals surface area contributed by atoms with E-state index in [0.29, 0.717) is 17.1 Å². The zero-order valence-corrected chi connectivity index (χ0v) is 17.3. The first kappa shape index (κ1) is 20.5. The number of likely N-dealkylation sites (N-methyl/N-ethyl adjacent to an activating group) is 1. The Labute approximate surface area is 161 Å². The van der Waals surface area contributed by atoms with Crippen molar-refractivity contribution in [1.82, 2.24) is 20.0 Å². The Balaban J connectivity index is 2.53. The molecule has 2 rings (SSSR count). The summed E-state index contributed by atoms with van der Waals surface area (Å²) in [5, 5.41) is 8.48. The summed E-state index contributed by atoms with van der Waals surface area (Å²) in [6.45, 7) is 9.68. The molecule has 1 amide bonds. The third-order valence-electron chi connectivity index (χ3n) is 4.17. The SMILES string of the molecule is CC(C)c1nn(-c2cccc(Cl)c2)c(C(C)C)c1C(=O)NCCN(C)C. The van der Waals surface area contributed by atoms with Crippen LogP contribution in [0.5, 0.6) is 0 Å².